The van der Waals surface area contributed by atoms with Gasteiger partial charge in [-0.3, -0.25) is 4.79 Å². The first kappa shape index (κ1) is 13.4. The van der Waals surface area contributed by atoms with Gasteiger partial charge in [0.25, 0.3) is 0 Å². The molecule has 0 heterocycles. The molecule has 3 N–H and O–H groups in total. The topological polar surface area (TPSA) is 55.1 Å². The van der Waals surface area contributed by atoms with Gasteiger partial charge in [0.1, 0.15) is 0 Å². The van der Waals surface area contributed by atoms with E-state index in [1.165, 1.54) is 0 Å². The van der Waals surface area contributed by atoms with E-state index in [2.05, 4.69) is 12.2 Å². The molecule has 0 rings (SSSR count). The van der Waals surface area contributed by atoms with Gasteiger partial charge in [0.05, 0.1) is 6.04 Å². The van der Waals surface area contributed by atoms with E-state index in [0.717, 1.165) is 12.8 Å². The third-order valence-corrected chi connectivity index (χ3v) is 2.36. The number of amides is 1. The Labute approximate surface area is 87.4 Å². The molecule has 0 aliphatic carbocycles. The molecule has 0 radical (unpaired) electrons. The lowest BCUT2D eigenvalue weighted by Gasteiger charge is -2.28. The fourth-order valence-electron chi connectivity index (χ4n) is 1.41. The van der Waals surface area contributed by atoms with E-state index >= 15 is 0 Å². The number of hydrogen-bond donors (Lipinski definition) is 2. The molecule has 1 amide bonds. The molecule has 0 aromatic carbocycles. The number of rotatable bonds is 5. The highest BCUT2D eigenvalue weighted by molar-refractivity contribution is 5.82. The lowest BCUT2D eigenvalue weighted by Crippen LogP contribution is -2.52. The van der Waals surface area contributed by atoms with Gasteiger partial charge >= 0.3 is 0 Å². The van der Waals surface area contributed by atoms with Gasteiger partial charge in [0.2, 0.25) is 5.91 Å². The van der Waals surface area contributed by atoms with Crippen LogP contribution in [0.15, 0.2) is 0 Å². The van der Waals surface area contributed by atoms with Crippen molar-refractivity contribution in [2.75, 3.05) is 0 Å². The highest BCUT2D eigenvalue weighted by Crippen LogP contribution is 2.11. The van der Waals surface area contributed by atoms with E-state index in [-0.39, 0.29) is 17.4 Å². The van der Waals surface area contributed by atoms with Crippen LogP contribution >= 0.6 is 0 Å². The fraction of sp³-hybridized carbons (Fsp3) is 0.909. The summed E-state index contributed by atoms with van der Waals surface area (Å²) in [6.07, 6.45) is 2.04. The molecule has 0 bridgehead atoms. The van der Waals surface area contributed by atoms with E-state index in [0.29, 0.717) is 0 Å². The maximum atomic E-state index is 11.6. The average Bonchev–Trinajstić information content (AvgIpc) is 2.01. The molecular formula is C11H24N2O. The maximum absolute atomic E-state index is 11.6. The highest BCUT2D eigenvalue weighted by atomic mass is 16.2. The van der Waals surface area contributed by atoms with Crippen molar-refractivity contribution >= 4 is 5.91 Å². The van der Waals surface area contributed by atoms with Gasteiger partial charge in [0, 0.05) is 5.54 Å². The SMILES string of the molecule is CCCC(C)(C)NC(=O)[C@H](N)C(C)C. The van der Waals surface area contributed by atoms with E-state index < -0.39 is 6.04 Å². The van der Waals surface area contributed by atoms with E-state index in [1.807, 2.05) is 27.7 Å². The van der Waals surface area contributed by atoms with E-state index in [4.69, 9.17) is 5.73 Å². The predicted octanol–water partition coefficient (Wildman–Crippen LogP) is 1.66. The lowest BCUT2D eigenvalue weighted by atomic mass is 9.97. The zero-order chi connectivity index (χ0) is 11.4. The second kappa shape index (κ2) is 5.35. The van der Waals surface area contributed by atoms with E-state index in [1.54, 1.807) is 0 Å². The molecule has 0 aliphatic heterocycles. The second-order valence-corrected chi connectivity index (χ2v) is 4.89. The van der Waals surface area contributed by atoms with Gasteiger partial charge in [-0.05, 0) is 26.2 Å². The first-order chi connectivity index (χ1) is 6.30. The van der Waals surface area contributed by atoms with Gasteiger partial charge < -0.3 is 11.1 Å². The Balaban J connectivity index is 4.17. The molecular weight excluding hydrogens is 176 g/mol. The average molecular weight is 200 g/mol. The van der Waals surface area contributed by atoms with E-state index in [9.17, 15) is 4.79 Å². The monoisotopic (exact) mass is 200 g/mol. The molecule has 3 heteroatoms. The minimum absolute atomic E-state index is 0.0431. The lowest BCUT2D eigenvalue weighted by molar-refractivity contribution is -0.124. The summed E-state index contributed by atoms with van der Waals surface area (Å²) >= 11 is 0. The molecule has 0 aromatic rings. The van der Waals surface area contributed by atoms with Gasteiger partial charge in [-0.2, -0.15) is 0 Å². The van der Waals surface area contributed by atoms with Crippen molar-refractivity contribution in [2.24, 2.45) is 11.7 Å². The van der Waals surface area contributed by atoms with Crippen LogP contribution in [0.2, 0.25) is 0 Å². The summed E-state index contributed by atoms with van der Waals surface area (Å²) in [5.41, 5.74) is 5.61. The third kappa shape index (κ3) is 4.61. The van der Waals surface area contributed by atoms with Gasteiger partial charge in [-0.15, -0.1) is 0 Å². The summed E-state index contributed by atoms with van der Waals surface area (Å²) in [5.74, 6) is 0.144. The predicted molar refractivity (Wildman–Crippen MR) is 59.9 cm³/mol. The molecule has 0 unspecified atom stereocenters. The molecule has 1 atom stereocenters. The van der Waals surface area contributed by atoms with Crippen molar-refractivity contribution in [3.63, 3.8) is 0 Å². The van der Waals surface area contributed by atoms with Crippen LogP contribution in [0.25, 0.3) is 0 Å². The molecule has 0 saturated carbocycles. The van der Waals surface area contributed by atoms with Crippen molar-refractivity contribution in [3.8, 4) is 0 Å². The quantitative estimate of drug-likeness (QED) is 0.709. The molecule has 0 fully saturated rings. The second-order valence-electron chi connectivity index (χ2n) is 4.89. The normalized spacial score (nSPS) is 14.2. The number of carbonyl (C=O) groups is 1. The molecule has 0 aliphatic rings. The maximum Gasteiger partial charge on any atom is 0.237 e. The summed E-state index contributed by atoms with van der Waals surface area (Å²) < 4.78 is 0. The first-order valence-electron chi connectivity index (χ1n) is 5.37. The zero-order valence-electron chi connectivity index (χ0n) is 10.1. The summed E-state index contributed by atoms with van der Waals surface area (Å²) in [5, 5.41) is 2.97. The van der Waals surface area contributed by atoms with Crippen molar-refractivity contribution < 1.29 is 4.79 Å². The van der Waals surface area contributed by atoms with Crippen LogP contribution in [-0.4, -0.2) is 17.5 Å². The number of nitrogens with two attached hydrogens (primary N) is 1. The van der Waals surface area contributed by atoms with Gasteiger partial charge in [0.15, 0.2) is 0 Å². The fourth-order valence-corrected chi connectivity index (χ4v) is 1.41. The minimum atomic E-state index is -0.397. The van der Waals surface area contributed by atoms with Crippen LogP contribution < -0.4 is 11.1 Å². The van der Waals surface area contributed by atoms with Crippen molar-refractivity contribution in [1.29, 1.82) is 0 Å². The summed E-state index contributed by atoms with van der Waals surface area (Å²) in [6.45, 7) is 10.1. The Morgan fingerprint density at radius 2 is 1.93 bits per heavy atom. The van der Waals surface area contributed by atoms with Crippen molar-refractivity contribution in [3.05, 3.63) is 0 Å². The van der Waals surface area contributed by atoms with Crippen LogP contribution in [-0.2, 0) is 4.79 Å². The van der Waals surface area contributed by atoms with Crippen molar-refractivity contribution in [1.82, 2.24) is 5.32 Å². The van der Waals surface area contributed by atoms with Crippen LogP contribution in [0.5, 0.6) is 0 Å². The zero-order valence-corrected chi connectivity index (χ0v) is 10.1. The summed E-state index contributed by atoms with van der Waals surface area (Å²) in [4.78, 5) is 11.6. The molecule has 0 saturated heterocycles. The Hall–Kier alpha value is -0.570. The standard InChI is InChI=1S/C11H24N2O/c1-6-7-11(4,5)13-10(14)9(12)8(2)3/h8-9H,6-7,12H2,1-5H3,(H,13,14)/t9-/m1/s1. The highest BCUT2D eigenvalue weighted by Gasteiger charge is 2.24. The number of carbonyl (C=O) groups excluding carboxylic acids is 1. The van der Waals surface area contributed by atoms with Crippen LogP contribution in [0.4, 0.5) is 0 Å². The summed E-state index contributed by atoms with van der Waals surface area (Å²) in [6, 6.07) is -0.397. The third-order valence-electron chi connectivity index (χ3n) is 2.36. The van der Waals surface area contributed by atoms with Crippen LogP contribution in [0.1, 0.15) is 47.5 Å². The molecule has 14 heavy (non-hydrogen) atoms. The van der Waals surface area contributed by atoms with Crippen LogP contribution in [0, 0.1) is 5.92 Å². The Kier molecular flexibility index (Phi) is 5.13. The Morgan fingerprint density at radius 3 is 2.29 bits per heavy atom. The first-order valence-corrected chi connectivity index (χ1v) is 5.37. The Bertz CT molecular complexity index is 188. The van der Waals surface area contributed by atoms with Gasteiger partial charge in [-0.25, -0.2) is 0 Å². The molecule has 3 nitrogen and oxygen atoms in total. The number of hydrogen-bond acceptors (Lipinski definition) is 2. The number of nitrogens with one attached hydrogen (secondary N) is 1. The molecule has 0 aromatic heterocycles. The largest absolute Gasteiger partial charge is 0.350 e. The van der Waals surface area contributed by atoms with Crippen molar-refractivity contribution in [2.45, 2.75) is 59.0 Å². The molecule has 84 valence electrons. The smallest absolute Gasteiger partial charge is 0.237 e. The van der Waals surface area contributed by atoms with Crippen LogP contribution in [0.3, 0.4) is 0 Å². The molecule has 0 spiro atoms. The summed E-state index contributed by atoms with van der Waals surface area (Å²) in [7, 11) is 0. The van der Waals surface area contributed by atoms with Gasteiger partial charge in [-0.1, -0.05) is 27.2 Å². The Morgan fingerprint density at radius 1 is 1.43 bits per heavy atom. The minimum Gasteiger partial charge on any atom is -0.350 e.